The van der Waals surface area contributed by atoms with Crippen LogP contribution in [0, 0.1) is 11.3 Å². The molecule has 2 rings (SSSR count). The van der Waals surface area contributed by atoms with E-state index in [1.165, 1.54) is 23.5 Å². The van der Waals surface area contributed by atoms with Crippen molar-refractivity contribution in [2.45, 2.75) is 12.7 Å². The molecule has 0 atom stereocenters. The lowest BCUT2D eigenvalue weighted by molar-refractivity contribution is -0.137. The van der Waals surface area contributed by atoms with Gasteiger partial charge < -0.3 is 11.1 Å². The number of hydrogen-bond acceptors (Lipinski definition) is 4. The third-order valence-corrected chi connectivity index (χ3v) is 3.62. The second kappa shape index (κ2) is 5.43. The van der Waals surface area contributed by atoms with Crippen molar-refractivity contribution in [2.24, 2.45) is 0 Å². The van der Waals surface area contributed by atoms with Gasteiger partial charge in [0.1, 0.15) is 10.9 Å². The van der Waals surface area contributed by atoms with Crippen LogP contribution in [0.2, 0.25) is 0 Å². The van der Waals surface area contributed by atoms with Crippen LogP contribution >= 0.6 is 11.3 Å². The van der Waals surface area contributed by atoms with E-state index in [1.54, 1.807) is 6.07 Å². The molecule has 104 valence electrons. The Hall–Kier alpha value is -2.20. The average Bonchev–Trinajstić information content (AvgIpc) is 2.76. The third-order valence-electron chi connectivity index (χ3n) is 2.61. The highest BCUT2D eigenvalue weighted by molar-refractivity contribution is 7.17. The van der Waals surface area contributed by atoms with Crippen molar-refractivity contribution in [3.63, 3.8) is 0 Å². The fourth-order valence-electron chi connectivity index (χ4n) is 1.58. The molecule has 0 aliphatic heterocycles. The van der Waals surface area contributed by atoms with Gasteiger partial charge in [0.15, 0.2) is 0 Å². The molecule has 0 saturated carbocycles. The fourth-order valence-corrected chi connectivity index (χ4v) is 2.35. The average molecular weight is 297 g/mol. The van der Waals surface area contributed by atoms with Crippen molar-refractivity contribution in [1.82, 2.24) is 0 Å². The van der Waals surface area contributed by atoms with Crippen molar-refractivity contribution in [3.05, 3.63) is 46.3 Å². The molecule has 0 amide bonds. The van der Waals surface area contributed by atoms with E-state index in [1.807, 2.05) is 6.07 Å². The van der Waals surface area contributed by atoms with E-state index in [4.69, 9.17) is 11.0 Å². The van der Waals surface area contributed by atoms with E-state index in [9.17, 15) is 13.2 Å². The maximum atomic E-state index is 12.4. The molecule has 0 aliphatic carbocycles. The predicted molar refractivity (Wildman–Crippen MR) is 72.2 cm³/mol. The number of halogens is 3. The maximum absolute atomic E-state index is 12.4. The number of nitrogens with one attached hydrogen (secondary N) is 1. The Bertz CT molecular complexity index is 638. The van der Waals surface area contributed by atoms with Crippen molar-refractivity contribution in [3.8, 4) is 6.07 Å². The second-order valence-electron chi connectivity index (χ2n) is 4.06. The summed E-state index contributed by atoms with van der Waals surface area (Å²) in [5.74, 6) is 0. The Balaban J connectivity index is 2.02. The van der Waals surface area contributed by atoms with Crippen LogP contribution in [0.15, 0.2) is 30.3 Å². The maximum Gasteiger partial charge on any atom is 0.416 e. The molecule has 20 heavy (non-hydrogen) atoms. The molecular weight excluding hydrogens is 287 g/mol. The minimum atomic E-state index is -4.32. The van der Waals surface area contributed by atoms with Crippen molar-refractivity contribution < 1.29 is 13.2 Å². The molecule has 0 saturated heterocycles. The Labute approximate surface area is 117 Å². The van der Waals surface area contributed by atoms with Crippen LogP contribution in [0.25, 0.3) is 0 Å². The number of nitrogens with two attached hydrogens (primary N) is 1. The van der Waals surface area contributed by atoms with Crippen molar-refractivity contribution in [2.75, 3.05) is 11.1 Å². The molecule has 0 fully saturated rings. The number of alkyl halides is 3. The zero-order valence-electron chi connectivity index (χ0n) is 10.2. The number of rotatable bonds is 3. The van der Waals surface area contributed by atoms with Crippen LogP contribution in [0.5, 0.6) is 0 Å². The number of nitrogen functional groups attached to an aromatic ring is 1. The molecule has 2 aromatic rings. The lowest BCUT2D eigenvalue weighted by atomic mass is 10.1. The molecule has 3 N–H and O–H groups in total. The van der Waals surface area contributed by atoms with Gasteiger partial charge in [-0.15, -0.1) is 11.3 Å². The van der Waals surface area contributed by atoms with E-state index < -0.39 is 11.7 Å². The highest BCUT2D eigenvalue weighted by Crippen LogP contribution is 2.30. The van der Waals surface area contributed by atoms with Crippen LogP contribution in [0.1, 0.15) is 16.0 Å². The third kappa shape index (κ3) is 3.22. The monoisotopic (exact) mass is 297 g/mol. The van der Waals surface area contributed by atoms with E-state index in [-0.39, 0.29) is 0 Å². The summed E-state index contributed by atoms with van der Waals surface area (Å²) in [7, 11) is 0. The molecule has 0 radical (unpaired) electrons. The number of anilines is 2. The molecule has 7 heteroatoms. The molecule has 0 spiro atoms. The van der Waals surface area contributed by atoms with Gasteiger partial charge in [-0.3, -0.25) is 0 Å². The predicted octanol–water partition coefficient (Wildman–Crippen LogP) is 3.83. The summed E-state index contributed by atoms with van der Waals surface area (Å²) in [5, 5.41) is 12.5. The quantitative estimate of drug-likeness (QED) is 0.905. The van der Waals surface area contributed by atoms with Crippen LogP contribution in [0.3, 0.4) is 0 Å². The van der Waals surface area contributed by atoms with Crippen LogP contribution in [0.4, 0.5) is 23.9 Å². The van der Waals surface area contributed by atoms with Gasteiger partial charge in [-0.25, -0.2) is 0 Å². The fraction of sp³-hybridized carbons (Fsp3) is 0.154. The first-order chi connectivity index (χ1) is 9.40. The number of benzene rings is 1. The zero-order chi connectivity index (χ0) is 14.8. The van der Waals surface area contributed by atoms with E-state index in [0.717, 1.165) is 12.1 Å². The molecule has 0 bridgehead atoms. The molecule has 1 aromatic carbocycles. The van der Waals surface area contributed by atoms with Crippen LogP contribution < -0.4 is 11.1 Å². The van der Waals surface area contributed by atoms with Crippen molar-refractivity contribution in [1.29, 1.82) is 5.26 Å². The van der Waals surface area contributed by atoms with Crippen molar-refractivity contribution >= 4 is 22.0 Å². The Morgan fingerprint density at radius 1 is 1.25 bits per heavy atom. The summed E-state index contributed by atoms with van der Waals surface area (Å²) in [6, 6.07) is 8.51. The number of nitrogens with zero attached hydrogens (tertiary/aromatic N) is 1. The molecular formula is C13H10F3N3S. The van der Waals surface area contributed by atoms with E-state index in [2.05, 4.69) is 5.32 Å². The van der Waals surface area contributed by atoms with Gasteiger partial charge in [-0.1, -0.05) is 12.1 Å². The van der Waals surface area contributed by atoms with Crippen LogP contribution in [-0.4, -0.2) is 0 Å². The molecule has 1 heterocycles. The Morgan fingerprint density at radius 2 is 1.90 bits per heavy atom. The van der Waals surface area contributed by atoms with Crippen LogP contribution in [-0.2, 0) is 12.7 Å². The summed E-state index contributed by atoms with van der Waals surface area (Å²) in [5.41, 5.74) is 6.05. The van der Waals surface area contributed by atoms with Gasteiger partial charge >= 0.3 is 6.18 Å². The van der Waals surface area contributed by atoms with Gasteiger partial charge in [-0.05, 0) is 23.8 Å². The topological polar surface area (TPSA) is 61.8 Å². The SMILES string of the molecule is N#Cc1sc(NCc2ccc(C(F)(F)F)cc2)cc1N. The minimum absolute atomic E-state index is 0.364. The summed E-state index contributed by atoms with van der Waals surface area (Å²) in [6.45, 7) is 0.364. The first kappa shape index (κ1) is 14.2. The largest absolute Gasteiger partial charge is 0.416 e. The highest BCUT2D eigenvalue weighted by Gasteiger charge is 2.29. The smallest absolute Gasteiger partial charge is 0.397 e. The Morgan fingerprint density at radius 3 is 2.40 bits per heavy atom. The molecule has 0 unspecified atom stereocenters. The van der Waals surface area contributed by atoms with Gasteiger partial charge in [0.05, 0.1) is 16.3 Å². The minimum Gasteiger partial charge on any atom is -0.397 e. The van der Waals surface area contributed by atoms with Gasteiger partial charge in [0.2, 0.25) is 0 Å². The first-order valence-corrected chi connectivity index (χ1v) is 6.41. The molecule has 0 aliphatic rings. The van der Waals surface area contributed by atoms with E-state index in [0.29, 0.717) is 27.7 Å². The van der Waals surface area contributed by atoms with Gasteiger partial charge in [-0.2, -0.15) is 18.4 Å². The van der Waals surface area contributed by atoms with Gasteiger partial charge in [0, 0.05) is 6.54 Å². The Kier molecular flexibility index (Phi) is 3.86. The summed E-state index contributed by atoms with van der Waals surface area (Å²) in [4.78, 5) is 0.417. The van der Waals surface area contributed by atoms with E-state index >= 15 is 0 Å². The number of hydrogen-bond donors (Lipinski definition) is 2. The highest BCUT2D eigenvalue weighted by atomic mass is 32.1. The normalized spacial score (nSPS) is 11.1. The summed E-state index contributed by atoms with van der Waals surface area (Å²) >= 11 is 1.21. The first-order valence-electron chi connectivity index (χ1n) is 5.59. The van der Waals surface area contributed by atoms with Gasteiger partial charge in [0.25, 0.3) is 0 Å². The summed E-state index contributed by atoms with van der Waals surface area (Å²) in [6.07, 6.45) is -4.32. The lowest BCUT2D eigenvalue weighted by Gasteiger charge is -2.08. The lowest BCUT2D eigenvalue weighted by Crippen LogP contribution is -2.05. The zero-order valence-corrected chi connectivity index (χ0v) is 11.0. The molecule has 3 nitrogen and oxygen atoms in total. The molecule has 1 aromatic heterocycles. The second-order valence-corrected chi connectivity index (χ2v) is 5.11. The number of thiophene rings is 1. The standard InChI is InChI=1S/C13H10F3N3S/c14-13(15,16)9-3-1-8(2-4-9)7-19-12-5-10(18)11(6-17)20-12/h1-5,19H,7,18H2. The number of nitriles is 1. The summed E-state index contributed by atoms with van der Waals surface area (Å²) < 4.78 is 37.2.